The smallest absolute Gasteiger partial charge is 0.343 e. The SMILES string of the molecule is CCOC(=O)c1cn([C@H](CCC(C)(C)[Si](C)(C)O)C(C)C)c2nc(OC)c(CBr)cc2c1=O. The molecular weight excluding hydrogens is 504 g/mol. The molecule has 7 nitrogen and oxygen atoms in total. The van der Waals surface area contributed by atoms with E-state index in [1.807, 2.05) is 17.7 Å². The summed E-state index contributed by atoms with van der Waals surface area (Å²) in [5.41, 5.74) is 0.805. The van der Waals surface area contributed by atoms with Crippen LogP contribution in [0.4, 0.5) is 0 Å². The Morgan fingerprint density at radius 1 is 1.33 bits per heavy atom. The number of pyridine rings is 2. The fourth-order valence-electron chi connectivity index (χ4n) is 3.78. The van der Waals surface area contributed by atoms with E-state index in [4.69, 9.17) is 9.47 Å². The molecule has 2 heterocycles. The number of hydrogen-bond donors (Lipinski definition) is 1. The van der Waals surface area contributed by atoms with Crippen molar-refractivity contribution in [3.05, 3.63) is 33.6 Å². The number of alkyl halides is 1. The third-order valence-electron chi connectivity index (χ3n) is 6.72. The fraction of sp³-hybridized carbons (Fsp3) is 0.625. The van der Waals surface area contributed by atoms with Crippen LogP contribution < -0.4 is 10.2 Å². The second kappa shape index (κ2) is 10.7. The summed E-state index contributed by atoms with van der Waals surface area (Å²) in [6.07, 6.45) is 3.14. The van der Waals surface area contributed by atoms with Crippen LogP contribution in [-0.2, 0) is 10.1 Å². The van der Waals surface area contributed by atoms with E-state index in [1.165, 1.54) is 0 Å². The molecule has 0 radical (unpaired) electrons. The van der Waals surface area contributed by atoms with Gasteiger partial charge < -0.3 is 18.8 Å². The Kier molecular flexibility index (Phi) is 8.92. The highest BCUT2D eigenvalue weighted by molar-refractivity contribution is 9.08. The van der Waals surface area contributed by atoms with E-state index in [2.05, 4.69) is 48.6 Å². The molecule has 0 saturated heterocycles. The van der Waals surface area contributed by atoms with Gasteiger partial charge in [0.2, 0.25) is 11.3 Å². The van der Waals surface area contributed by atoms with Gasteiger partial charge in [0, 0.05) is 23.1 Å². The van der Waals surface area contributed by atoms with Gasteiger partial charge in [0.05, 0.1) is 19.1 Å². The van der Waals surface area contributed by atoms with Crippen molar-refractivity contribution in [1.82, 2.24) is 9.55 Å². The quantitative estimate of drug-likeness (QED) is 0.245. The molecule has 0 aliphatic carbocycles. The van der Waals surface area contributed by atoms with Gasteiger partial charge in [0.25, 0.3) is 0 Å². The van der Waals surface area contributed by atoms with Crippen LogP contribution in [0.15, 0.2) is 17.1 Å². The topological polar surface area (TPSA) is 90.7 Å². The third-order valence-corrected chi connectivity index (χ3v) is 10.9. The van der Waals surface area contributed by atoms with Crippen LogP contribution in [0.1, 0.15) is 69.4 Å². The number of ether oxygens (including phenoxy) is 2. The Hall–Kier alpha value is -1.71. The molecule has 1 atom stereocenters. The number of nitrogens with zero attached hydrogens (tertiary/aromatic N) is 2. The van der Waals surface area contributed by atoms with E-state index in [0.29, 0.717) is 22.2 Å². The highest BCUT2D eigenvalue weighted by Crippen LogP contribution is 2.42. The Morgan fingerprint density at radius 3 is 2.45 bits per heavy atom. The van der Waals surface area contributed by atoms with Crippen LogP contribution >= 0.6 is 15.9 Å². The standard InChI is InChI=1S/C24H37BrN2O5Si/c1-9-32-23(29)18-14-27(19(15(2)3)10-11-24(4,5)33(7,8)30)21-17(20(18)28)12-16(13-25)22(26-21)31-6/h12,14-15,19,30H,9-11,13H2,1-8H3/t19-/m1/s1. The molecule has 0 spiro atoms. The van der Waals surface area contributed by atoms with Crippen LogP contribution in [0.25, 0.3) is 11.0 Å². The Balaban J connectivity index is 2.78. The Labute approximate surface area is 205 Å². The van der Waals surface area contributed by atoms with Gasteiger partial charge in [-0.3, -0.25) is 4.79 Å². The summed E-state index contributed by atoms with van der Waals surface area (Å²) < 4.78 is 12.6. The molecule has 0 fully saturated rings. The monoisotopic (exact) mass is 540 g/mol. The summed E-state index contributed by atoms with van der Waals surface area (Å²) in [6, 6.07) is 1.69. The highest BCUT2D eigenvalue weighted by atomic mass is 79.9. The molecule has 184 valence electrons. The summed E-state index contributed by atoms with van der Waals surface area (Å²) in [7, 11) is -0.843. The lowest BCUT2D eigenvalue weighted by Gasteiger charge is -2.37. The van der Waals surface area contributed by atoms with E-state index in [0.717, 1.165) is 18.4 Å². The van der Waals surface area contributed by atoms with E-state index in [9.17, 15) is 14.4 Å². The molecule has 9 heteroatoms. The van der Waals surface area contributed by atoms with Crippen molar-refractivity contribution in [2.24, 2.45) is 5.92 Å². The van der Waals surface area contributed by atoms with Gasteiger partial charge in [0.1, 0.15) is 11.2 Å². The molecule has 2 rings (SSSR count). The number of hydrogen-bond acceptors (Lipinski definition) is 6. The molecule has 0 aliphatic rings. The van der Waals surface area contributed by atoms with Crippen molar-refractivity contribution < 1.29 is 19.1 Å². The molecule has 0 aromatic carbocycles. The van der Waals surface area contributed by atoms with E-state index < -0.39 is 19.7 Å². The predicted octanol–water partition coefficient (Wildman–Crippen LogP) is 5.43. The second-order valence-electron chi connectivity index (χ2n) is 9.95. The Bertz CT molecular complexity index is 1060. The van der Waals surface area contributed by atoms with Crippen molar-refractivity contribution in [1.29, 1.82) is 0 Å². The van der Waals surface area contributed by atoms with E-state index in [-0.39, 0.29) is 29.2 Å². The van der Waals surface area contributed by atoms with Gasteiger partial charge in [-0.25, -0.2) is 4.79 Å². The number of carbonyl (C=O) groups excluding carboxylic acids is 1. The second-order valence-corrected chi connectivity index (χ2v) is 15.0. The van der Waals surface area contributed by atoms with Gasteiger partial charge in [-0.05, 0) is 49.9 Å². The molecular formula is C24H37BrN2O5Si. The van der Waals surface area contributed by atoms with Gasteiger partial charge in [-0.15, -0.1) is 0 Å². The van der Waals surface area contributed by atoms with Crippen molar-refractivity contribution in [2.45, 2.75) is 77.0 Å². The zero-order valence-electron chi connectivity index (χ0n) is 21.0. The molecule has 0 unspecified atom stereocenters. The predicted molar refractivity (Wildman–Crippen MR) is 138 cm³/mol. The third kappa shape index (κ3) is 5.86. The summed E-state index contributed by atoms with van der Waals surface area (Å²) >= 11 is 3.43. The van der Waals surface area contributed by atoms with Crippen LogP contribution in [0.2, 0.25) is 18.1 Å². The fourth-order valence-corrected chi connectivity index (χ4v) is 4.94. The maximum atomic E-state index is 13.3. The van der Waals surface area contributed by atoms with E-state index in [1.54, 1.807) is 26.3 Å². The summed E-state index contributed by atoms with van der Waals surface area (Å²) in [4.78, 5) is 41.4. The maximum Gasteiger partial charge on any atom is 0.343 e. The van der Waals surface area contributed by atoms with Crippen molar-refractivity contribution in [3.63, 3.8) is 0 Å². The minimum Gasteiger partial charge on any atom is -0.481 e. The molecule has 0 bridgehead atoms. The molecule has 2 aromatic heterocycles. The summed E-state index contributed by atoms with van der Waals surface area (Å²) in [5.74, 6) is -0.0158. The minimum absolute atomic E-state index is 0.00128. The number of fused-ring (bicyclic) bond motifs is 1. The summed E-state index contributed by atoms with van der Waals surface area (Å²) in [5, 5.41) is 0.616. The molecule has 2 aromatic rings. The largest absolute Gasteiger partial charge is 0.481 e. The van der Waals surface area contributed by atoms with Crippen molar-refractivity contribution in [3.8, 4) is 5.88 Å². The average Bonchev–Trinajstić information content (AvgIpc) is 2.73. The van der Waals surface area contributed by atoms with Crippen molar-refractivity contribution >= 4 is 41.3 Å². The van der Waals surface area contributed by atoms with E-state index >= 15 is 0 Å². The highest BCUT2D eigenvalue weighted by Gasteiger charge is 2.38. The maximum absolute atomic E-state index is 13.3. The zero-order chi connectivity index (χ0) is 25.1. The number of rotatable bonds is 10. The van der Waals surface area contributed by atoms with Crippen LogP contribution in [0, 0.1) is 5.92 Å². The number of methoxy groups -OCH3 is 1. The van der Waals surface area contributed by atoms with Crippen LogP contribution in [0.5, 0.6) is 5.88 Å². The van der Waals surface area contributed by atoms with Gasteiger partial charge in [-0.1, -0.05) is 43.6 Å². The Morgan fingerprint density at radius 2 is 1.97 bits per heavy atom. The van der Waals surface area contributed by atoms with Gasteiger partial charge in [-0.2, -0.15) is 4.98 Å². The minimum atomic E-state index is -2.39. The lowest BCUT2D eigenvalue weighted by molar-refractivity contribution is 0.0523. The molecule has 0 saturated carbocycles. The first-order valence-corrected chi connectivity index (χ1v) is 15.4. The van der Waals surface area contributed by atoms with Crippen molar-refractivity contribution in [2.75, 3.05) is 13.7 Å². The lowest BCUT2D eigenvalue weighted by atomic mass is 9.94. The molecule has 1 N–H and O–H groups in total. The van der Waals surface area contributed by atoms with Gasteiger partial charge in [0.15, 0.2) is 8.32 Å². The first-order valence-electron chi connectivity index (χ1n) is 11.4. The normalized spacial score (nSPS) is 13.4. The average molecular weight is 542 g/mol. The molecule has 0 amide bonds. The molecule has 0 aliphatic heterocycles. The zero-order valence-corrected chi connectivity index (χ0v) is 23.6. The number of aromatic nitrogens is 2. The number of carbonyl (C=O) groups is 1. The lowest BCUT2D eigenvalue weighted by Crippen LogP contribution is -2.39. The first-order chi connectivity index (χ1) is 15.3. The van der Waals surface area contributed by atoms with Crippen LogP contribution in [0.3, 0.4) is 0 Å². The van der Waals surface area contributed by atoms with Crippen LogP contribution in [-0.4, -0.2) is 42.4 Å². The summed E-state index contributed by atoms with van der Waals surface area (Å²) in [6.45, 7) is 14.2. The van der Waals surface area contributed by atoms with Gasteiger partial charge >= 0.3 is 5.97 Å². The number of esters is 1. The number of halogens is 1. The molecule has 33 heavy (non-hydrogen) atoms. The first kappa shape index (κ1) is 27.5.